The minimum Gasteiger partial charge on any atom is -0.507 e. The molecule has 1 heterocycles. The fraction of sp³-hybridized carbons (Fsp3) is 0.304. The van der Waals surface area contributed by atoms with E-state index in [1.807, 2.05) is 25.1 Å². The molecule has 1 fully saturated rings. The van der Waals surface area contributed by atoms with Crippen molar-refractivity contribution < 1.29 is 5.11 Å². The van der Waals surface area contributed by atoms with Gasteiger partial charge in [-0.25, -0.2) is 0 Å². The van der Waals surface area contributed by atoms with Gasteiger partial charge in [-0.05, 0) is 48.2 Å². The Morgan fingerprint density at radius 1 is 0.885 bits per heavy atom. The third-order valence-corrected chi connectivity index (χ3v) is 5.37. The summed E-state index contributed by atoms with van der Waals surface area (Å²) in [6.07, 6.45) is 3.78. The van der Waals surface area contributed by atoms with E-state index in [4.69, 9.17) is 0 Å². The molecule has 26 heavy (non-hydrogen) atoms. The molecule has 1 saturated heterocycles. The highest BCUT2D eigenvalue weighted by Gasteiger charge is 2.19. The van der Waals surface area contributed by atoms with Crippen molar-refractivity contribution in [1.29, 1.82) is 0 Å². The average Bonchev–Trinajstić information content (AvgIpc) is 2.68. The first kappa shape index (κ1) is 16.8. The Bertz CT molecular complexity index is 927. The van der Waals surface area contributed by atoms with E-state index >= 15 is 0 Å². The molecule has 4 rings (SSSR count). The number of hydrogen-bond donors (Lipinski definition) is 1. The molecular weight excluding hydrogens is 320 g/mol. The average molecular weight is 346 g/mol. The quantitative estimate of drug-likeness (QED) is 0.700. The minimum absolute atomic E-state index is 0.339. The first-order valence-corrected chi connectivity index (χ1v) is 9.42. The number of anilines is 2. The standard InChI is InChI=1S/C23H26N2O/c1-24(2)18-11-12-20(22(26)16-18)23-19-9-5-4-8-17(19)10-13-21(23)25-14-6-3-7-15-25/h4-5,8-13,16,26H,3,6-7,14-15H2,1-2H3. The zero-order valence-corrected chi connectivity index (χ0v) is 15.6. The van der Waals surface area contributed by atoms with Gasteiger partial charge in [0.2, 0.25) is 0 Å². The van der Waals surface area contributed by atoms with Gasteiger partial charge in [-0.3, -0.25) is 0 Å². The topological polar surface area (TPSA) is 26.7 Å². The van der Waals surface area contributed by atoms with Crippen LogP contribution in [0.15, 0.2) is 54.6 Å². The summed E-state index contributed by atoms with van der Waals surface area (Å²) in [6, 6.07) is 18.9. The molecule has 0 unspecified atom stereocenters. The van der Waals surface area contributed by atoms with Gasteiger partial charge in [0.25, 0.3) is 0 Å². The molecule has 0 saturated carbocycles. The Morgan fingerprint density at radius 2 is 1.65 bits per heavy atom. The van der Waals surface area contributed by atoms with Crippen molar-refractivity contribution in [2.75, 3.05) is 37.0 Å². The van der Waals surface area contributed by atoms with Gasteiger partial charge in [-0.2, -0.15) is 0 Å². The van der Waals surface area contributed by atoms with Gasteiger partial charge < -0.3 is 14.9 Å². The Morgan fingerprint density at radius 3 is 2.38 bits per heavy atom. The summed E-state index contributed by atoms with van der Waals surface area (Å²) in [6.45, 7) is 2.17. The largest absolute Gasteiger partial charge is 0.507 e. The molecule has 0 radical (unpaired) electrons. The highest BCUT2D eigenvalue weighted by atomic mass is 16.3. The molecular formula is C23H26N2O. The molecule has 0 atom stereocenters. The van der Waals surface area contributed by atoms with Gasteiger partial charge in [0.15, 0.2) is 0 Å². The van der Waals surface area contributed by atoms with Gasteiger partial charge in [0.05, 0.1) is 0 Å². The van der Waals surface area contributed by atoms with Crippen molar-refractivity contribution in [3.05, 3.63) is 54.6 Å². The van der Waals surface area contributed by atoms with Crippen LogP contribution in [0.2, 0.25) is 0 Å². The summed E-state index contributed by atoms with van der Waals surface area (Å²) in [7, 11) is 3.98. The Balaban J connectivity index is 1.94. The van der Waals surface area contributed by atoms with Crippen LogP contribution < -0.4 is 9.80 Å². The van der Waals surface area contributed by atoms with Crippen LogP contribution in [0, 0.1) is 0 Å². The van der Waals surface area contributed by atoms with Gasteiger partial charge in [0.1, 0.15) is 5.75 Å². The molecule has 0 aromatic heterocycles. The Hall–Kier alpha value is -2.68. The maximum atomic E-state index is 10.8. The third kappa shape index (κ3) is 2.98. The molecule has 0 spiro atoms. The third-order valence-electron chi connectivity index (χ3n) is 5.37. The maximum Gasteiger partial charge on any atom is 0.125 e. The predicted molar refractivity (Wildman–Crippen MR) is 111 cm³/mol. The predicted octanol–water partition coefficient (Wildman–Crippen LogP) is 5.27. The van der Waals surface area contributed by atoms with Gasteiger partial charge >= 0.3 is 0 Å². The fourth-order valence-electron chi connectivity index (χ4n) is 3.95. The van der Waals surface area contributed by atoms with E-state index in [-0.39, 0.29) is 0 Å². The second-order valence-electron chi connectivity index (χ2n) is 7.32. The number of benzene rings is 3. The van der Waals surface area contributed by atoms with Crippen LogP contribution >= 0.6 is 0 Å². The molecule has 0 aliphatic carbocycles. The Kier molecular flexibility index (Phi) is 4.46. The van der Waals surface area contributed by atoms with E-state index in [2.05, 4.69) is 53.4 Å². The number of hydrogen-bond acceptors (Lipinski definition) is 3. The van der Waals surface area contributed by atoms with Crippen LogP contribution in [0.4, 0.5) is 11.4 Å². The number of phenolic OH excluding ortho intramolecular Hbond substituents is 1. The molecule has 0 bridgehead atoms. The zero-order chi connectivity index (χ0) is 18.1. The SMILES string of the molecule is CN(C)c1ccc(-c2c(N3CCCCC3)ccc3ccccc23)c(O)c1. The summed E-state index contributed by atoms with van der Waals surface area (Å²) < 4.78 is 0. The first-order valence-electron chi connectivity index (χ1n) is 9.42. The highest BCUT2D eigenvalue weighted by Crippen LogP contribution is 2.43. The molecule has 134 valence electrons. The molecule has 1 aliphatic heterocycles. The van der Waals surface area contributed by atoms with Crippen molar-refractivity contribution >= 4 is 22.1 Å². The van der Waals surface area contributed by atoms with E-state index in [0.29, 0.717) is 5.75 Å². The van der Waals surface area contributed by atoms with E-state index in [1.54, 1.807) is 0 Å². The highest BCUT2D eigenvalue weighted by molar-refractivity contribution is 6.04. The van der Waals surface area contributed by atoms with Gasteiger partial charge in [-0.1, -0.05) is 30.3 Å². The lowest BCUT2D eigenvalue weighted by atomic mass is 9.94. The number of fused-ring (bicyclic) bond motifs is 1. The van der Waals surface area contributed by atoms with Gasteiger partial charge in [-0.15, -0.1) is 0 Å². The van der Waals surface area contributed by atoms with Crippen LogP contribution in [-0.2, 0) is 0 Å². The van der Waals surface area contributed by atoms with Crippen LogP contribution in [-0.4, -0.2) is 32.3 Å². The van der Waals surface area contributed by atoms with Crippen LogP contribution in [0.25, 0.3) is 21.9 Å². The molecule has 3 aromatic carbocycles. The smallest absolute Gasteiger partial charge is 0.125 e. The summed E-state index contributed by atoms with van der Waals surface area (Å²) >= 11 is 0. The number of phenols is 1. The number of nitrogens with zero attached hydrogens (tertiary/aromatic N) is 2. The molecule has 3 nitrogen and oxygen atoms in total. The zero-order valence-electron chi connectivity index (χ0n) is 15.6. The van der Waals surface area contributed by atoms with Crippen LogP contribution in [0.3, 0.4) is 0 Å². The number of piperidine rings is 1. The molecule has 3 aromatic rings. The summed E-state index contributed by atoms with van der Waals surface area (Å²) in [5.74, 6) is 0.339. The fourth-order valence-corrected chi connectivity index (χ4v) is 3.95. The van der Waals surface area contributed by atoms with Crippen LogP contribution in [0.5, 0.6) is 5.75 Å². The molecule has 0 amide bonds. The normalized spacial score (nSPS) is 14.6. The molecule has 1 N–H and O–H groups in total. The monoisotopic (exact) mass is 346 g/mol. The number of aromatic hydroxyl groups is 1. The number of rotatable bonds is 3. The lowest BCUT2D eigenvalue weighted by Gasteiger charge is -2.31. The van der Waals surface area contributed by atoms with Crippen molar-refractivity contribution in [1.82, 2.24) is 0 Å². The van der Waals surface area contributed by atoms with E-state index in [1.165, 1.54) is 35.7 Å². The maximum absolute atomic E-state index is 10.8. The Labute approximate surface area is 155 Å². The molecule has 1 aliphatic rings. The van der Waals surface area contributed by atoms with Crippen molar-refractivity contribution in [2.24, 2.45) is 0 Å². The second-order valence-corrected chi connectivity index (χ2v) is 7.32. The summed E-state index contributed by atoms with van der Waals surface area (Å²) in [5, 5.41) is 13.2. The lowest BCUT2D eigenvalue weighted by Crippen LogP contribution is -2.29. The van der Waals surface area contributed by atoms with Gasteiger partial charge in [0, 0.05) is 55.8 Å². The lowest BCUT2D eigenvalue weighted by molar-refractivity contribution is 0.477. The molecule has 3 heteroatoms. The van der Waals surface area contributed by atoms with Crippen LogP contribution in [0.1, 0.15) is 19.3 Å². The van der Waals surface area contributed by atoms with Crippen molar-refractivity contribution in [3.8, 4) is 16.9 Å². The van der Waals surface area contributed by atoms with Crippen molar-refractivity contribution in [2.45, 2.75) is 19.3 Å². The second kappa shape index (κ2) is 6.91. The van der Waals surface area contributed by atoms with Crippen molar-refractivity contribution in [3.63, 3.8) is 0 Å². The van der Waals surface area contributed by atoms with E-state index < -0.39 is 0 Å². The first-order chi connectivity index (χ1) is 12.6. The van der Waals surface area contributed by atoms with E-state index in [0.717, 1.165) is 29.9 Å². The van der Waals surface area contributed by atoms with E-state index in [9.17, 15) is 5.11 Å². The minimum atomic E-state index is 0.339. The summed E-state index contributed by atoms with van der Waals surface area (Å²) in [4.78, 5) is 4.49. The summed E-state index contributed by atoms with van der Waals surface area (Å²) in [5.41, 5.74) is 4.29.